The second-order valence-electron chi connectivity index (χ2n) is 3.82. The van der Waals surface area contributed by atoms with Gasteiger partial charge in [0.25, 0.3) is 0 Å². The standard InChI is InChI=1S/C9H11Cl3GeO3S2/c1-16-8(15)5-4-18-9(17)7(5)6(14)2-3-13(10,11)12/h5,7H,2-4H2,1H3/t5-,7?/m1/s1. The number of esters is 1. The van der Waals surface area contributed by atoms with E-state index < -0.39 is 28.3 Å². The van der Waals surface area contributed by atoms with Crippen molar-refractivity contribution in [2.24, 2.45) is 11.8 Å². The van der Waals surface area contributed by atoms with Crippen molar-refractivity contribution in [3.63, 3.8) is 0 Å². The molecule has 1 fully saturated rings. The number of hydrogen-bond donors (Lipinski definition) is 0. The first-order chi connectivity index (χ1) is 8.26. The Bertz CT molecular complexity index is 373. The predicted octanol–water partition coefficient (Wildman–Crippen LogP) is 3.08. The van der Waals surface area contributed by atoms with Crippen molar-refractivity contribution in [3.8, 4) is 0 Å². The second-order valence-corrected chi connectivity index (χ2v) is 22.3. The molecule has 0 N–H and O–H groups in total. The third-order valence-corrected chi connectivity index (χ3v) is 8.90. The summed E-state index contributed by atoms with van der Waals surface area (Å²) >= 11 is 6.46. The quantitative estimate of drug-likeness (QED) is 0.396. The van der Waals surface area contributed by atoms with Crippen LogP contribution in [0.5, 0.6) is 0 Å². The molecule has 0 aromatic rings. The SMILES string of the molecule is COC(=O)[C@@H]1CSC(=S)C1C(=O)C[CH2][Ge]([Cl])([Cl])[Cl]. The zero-order valence-electron chi connectivity index (χ0n) is 9.45. The van der Waals surface area contributed by atoms with Crippen LogP contribution >= 0.6 is 54.0 Å². The fourth-order valence-electron chi connectivity index (χ4n) is 1.65. The van der Waals surface area contributed by atoms with Crippen LogP contribution in [0.3, 0.4) is 0 Å². The van der Waals surface area contributed by atoms with E-state index >= 15 is 0 Å². The van der Waals surface area contributed by atoms with Gasteiger partial charge < -0.3 is 0 Å². The molecule has 102 valence electrons. The van der Waals surface area contributed by atoms with Crippen LogP contribution in [-0.2, 0) is 14.3 Å². The van der Waals surface area contributed by atoms with Gasteiger partial charge in [0.15, 0.2) is 0 Å². The zero-order valence-corrected chi connectivity index (χ0v) is 15.5. The number of halogens is 3. The van der Waals surface area contributed by atoms with Crippen molar-refractivity contribution in [2.45, 2.75) is 11.7 Å². The molecule has 2 atom stereocenters. The van der Waals surface area contributed by atoms with Gasteiger partial charge in [-0.1, -0.05) is 0 Å². The Morgan fingerprint density at radius 3 is 2.61 bits per heavy atom. The Morgan fingerprint density at radius 1 is 1.50 bits per heavy atom. The minimum absolute atomic E-state index is 0.127. The number of hydrogen-bond acceptors (Lipinski definition) is 5. The molecule has 0 aromatic carbocycles. The van der Waals surface area contributed by atoms with Gasteiger partial charge in [-0.2, -0.15) is 0 Å². The van der Waals surface area contributed by atoms with Gasteiger partial charge in [-0.05, 0) is 0 Å². The van der Waals surface area contributed by atoms with Gasteiger partial charge in [0.2, 0.25) is 0 Å². The predicted molar refractivity (Wildman–Crippen MR) is 81.8 cm³/mol. The van der Waals surface area contributed by atoms with Gasteiger partial charge in [0.05, 0.1) is 0 Å². The monoisotopic (exact) mass is 410 g/mol. The van der Waals surface area contributed by atoms with E-state index in [9.17, 15) is 9.59 Å². The number of carbonyl (C=O) groups excluding carboxylic acids is 2. The van der Waals surface area contributed by atoms with Gasteiger partial charge >= 0.3 is 131 Å². The van der Waals surface area contributed by atoms with Crippen LogP contribution in [0.1, 0.15) is 6.42 Å². The van der Waals surface area contributed by atoms with Crippen LogP contribution in [0.25, 0.3) is 0 Å². The first-order valence-corrected chi connectivity index (χ1v) is 16.2. The molecular weight excluding hydrogens is 399 g/mol. The summed E-state index contributed by atoms with van der Waals surface area (Å²) in [5.74, 6) is -1.12. The number of ether oxygens (including phenoxy) is 1. The maximum atomic E-state index is 12.1. The van der Waals surface area contributed by atoms with E-state index in [-0.39, 0.29) is 12.2 Å². The minimum atomic E-state index is -3.29. The molecule has 9 heteroatoms. The fourth-order valence-corrected chi connectivity index (χ4v) is 5.89. The third-order valence-electron chi connectivity index (χ3n) is 2.57. The van der Waals surface area contributed by atoms with Crippen LogP contribution in [0.15, 0.2) is 0 Å². The van der Waals surface area contributed by atoms with Crippen molar-refractivity contribution in [2.75, 3.05) is 12.9 Å². The Kier molecular flexibility index (Phi) is 6.75. The summed E-state index contributed by atoms with van der Waals surface area (Å²) in [6.45, 7) is 0. The van der Waals surface area contributed by atoms with E-state index in [4.69, 9.17) is 42.2 Å². The van der Waals surface area contributed by atoms with Crippen molar-refractivity contribution in [1.82, 2.24) is 0 Å². The van der Waals surface area contributed by atoms with Gasteiger partial charge in [-0.25, -0.2) is 0 Å². The Labute approximate surface area is 130 Å². The molecule has 1 rings (SSSR count). The summed E-state index contributed by atoms with van der Waals surface area (Å²) in [7, 11) is 15.4. The topological polar surface area (TPSA) is 43.4 Å². The van der Waals surface area contributed by atoms with Crippen molar-refractivity contribution in [3.05, 3.63) is 0 Å². The summed E-state index contributed by atoms with van der Waals surface area (Å²) < 4.78 is 5.21. The maximum absolute atomic E-state index is 12.1. The first-order valence-electron chi connectivity index (χ1n) is 5.10. The molecule has 0 saturated carbocycles. The average molecular weight is 410 g/mol. The van der Waals surface area contributed by atoms with Crippen molar-refractivity contribution in [1.29, 1.82) is 0 Å². The second kappa shape index (κ2) is 7.13. The summed E-state index contributed by atoms with van der Waals surface area (Å²) in [6.07, 6.45) is 0.162. The van der Waals surface area contributed by atoms with E-state index in [1.54, 1.807) is 0 Å². The van der Waals surface area contributed by atoms with Gasteiger partial charge in [-0.3, -0.25) is 0 Å². The summed E-state index contributed by atoms with van der Waals surface area (Å²) in [4.78, 5) is 23.6. The van der Waals surface area contributed by atoms with Crippen LogP contribution in [-0.4, -0.2) is 39.3 Å². The van der Waals surface area contributed by atoms with Crippen molar-refractivity contribution < 1.29 is 14.3 Å². The number of carbonyl (C=O) groups is 2. The Hall–Kier alpha value is 0.993. The molecule has 0 bridgehead atoms. The molecule has 0 aromatic heterocycles. The van der Waals surface area contributed by atoms with Crippen LogP contribution < -0.4 is 0 Å². The number of thiocarbonyl (C=S) groups is 1. The molecule has 0 spiro atoms. The molecule has 1 aliphatic heterocycles. The Morgan fingerprint density at radius 2 is 2.11 bits per heavy atom. The Balaban J connectivity index is 2.69. The molecule has 1 heterocycles. The third kappa shape index (κ3) is 4.83. The fraction of sp³-hybridized carbons (Fsp3) is 0.667. The molecule has 3 nitrogen and oxygen atoms in total. The van der Waals surface area contributed by atoms with E-state index in [0.29, 0.717) is 15.2 Å². The molecule has 1 aliphatic rings. The van der Waals surface area contributed by atoms with Crippen molar-refractivity contribution >= 4 is 80.4 Å². The molecule has 0 radical (unpaired) electrons. The molecule has 0 amide bonds. The number of rotatable bonds is 5. The summed E-state index contributed by atoms with van der Waals surface area (Å²) in [5.41, 5.74) is 0. The average Bonchev–Trinajstić information content (AvgIpc) is 2.66. The van der Waals surface area contributed by atoms with E-state index in [0.717, 1.165) is 0 Å². The van der Waals surface area contributed by atoms with Crippen LogP contribution in [0.2, 0.25) is 5.25 Å². The van der Waals surface area contributed by atoms with Crippen LogP contribution in [0, 0.1) is 11.8 Å². The number of thioether (sulfide) groups is 1. The van der Waals surface area contributed by atoms with Crippen LogP contribution in [0.4, 0.5) is 0 Å². The molecule has 18 heavy (non-hydrogen) atoms. The van der Waals surface area contributed by atoms with E-state index in [1.807, 2.05) is 0 Å². The number of ketones is 1. The van der Waals surface area contributed by atoms with Gasteiger partial charge in [0.1, 0.15) is 0 Å². The molecule has 0 aliphatic carbocycles. The number of Topliss-reactive ketones (excluding diaryl/α,β-unsaturated/α-hetero) is 1. The molecular formula is C9H11Cl3GeO3S2. The summed E-state index contributed by atoms with van der Waals surface area (Å²) in [5, 5.41) is 0.293. The molecule has 1 saturated heterocycles. The molecule has 1 unspecified atom stereocenters. The first kappa shape index (κ1) is 17.0. The van der Waals surface area contributed by atoms with E-state index in [2.05, 4.69) is 4.74 Å². The number of methoxy groups -OCH3 is 1. The van der Waals surface area contributed by atoms with Gasteiger partial charge in [-0.15, -0.1) is 0 Å². The van der Waals surface area contributed by atoms with Gasteiger partial charge in [0, 0.05) is 0 Å². The zero-order chi connectivity index (χ0) is 13.9. The summed E-state index contributed by atoms with van der Waals surface area (Å²) in [6, 6.07) is 0. The van der Waals surface area contributed by atoms with E-state index in [1.165, 1.54) is 18.9 Å². The normalized spacial score (nSPS) is 24.1.